The second-order valence-corrected chi connectivity index (χ2v) is 15.3. The molecule has 0 fully saturated rings. The largest absolute Gasteiger partial charge is 0.496 e. The Balaban J connectivity index is 0.000000550. The molecule has 2 N–H and O–H groups in total. The van der Waals surface area contributed by atoms with Gasteiger partial charge in [-0.15, -0.1) is 12.4 Å². The van der Waals surface area contributed by atoms with Crippen molar-refractivity contribution in [2.24, 2.45) is 5.73 Å². The van der Waals surface area contributed by atoms with Crippen LogP contribution in [0.15, 0.2) is 109 Å². The zero-order valence-corrected chi connectivity index (χ0v) is 38.3. The van der Waals surface area contributed by atoms with E-state index in [0.29, 0.717) is 87.2 Å². The van der Waals surface area contributed by atoms with Gasteiger partial charge in [-0.3, -0.25) is 19.6 Å². The van der Waals surface area contributed by atoms with Gasteiger partial charge in [0, 0.05) is 82.1 Å². The summed E-state index contributed by atoms with van der Waals surface area (Å²) in [5.41, 5.74) is 12.3. The van der Waals surface area contributed by atoms with E-state index in [9.17, 15) is 9.59 Å². The Labute approximate surface area is 397 Å². The molecule has 344 valence electrons. The highest BCUT2D eigenvalue weighted by Gasteiger charge is 2.18. The van der Waals surface area contributed by atoms with Gasteiger partial charge in [0.25, 0.3) is 0 Å². The summed E-state index contributed by atoms with van der Waals surface area (Å²) in [4.78, 5) is 33.1. The van der Waals surface area contributed by atoms with Crippen molar-refractivity contribution in [1.29, 1.82) is 0 Å². The van der Waals surface area contributed by atoms with Crippen molar-refractivity contribution < 1.29 is 27.8 Å². The molecular formula is C49H57Cl4F2N5O4. The maximum absolute atomic E-state index is 15.4. The lowest BCUT2D eigenvalue weighted by Gasteiger charge is -2.14. The van der Waals surface area contributed by atoms with Crippen molar-refractivity contribution in [3.05, 3.63) is 165 Å². The number of carbonyl (C=O) groups excluding carboxylic acids is 2. The lowest BCUT2D eigenvalue weighted by atomic mass is 9.97. The minimum absolute atomic E-state index is 0. The Kier molecular flexibility index (Phi) is 24.6. The SMILES string of the molecule is C.C.CN(C)C(=O)Cl.COc1ccc(Cc2ccc(CCC(=O)N(C)C)nc2)c(F)c1-c1cccc(Cl)c1.COc1ccc(Cc2ccc(CN)nc2)c(F)c1-c1cccc(Cl)c1.Cl. The van der Waals surface area contributed by atoms with Crippen LogP contribution in [0.5, 0.6) is 11.5 Å². The summed E-state index contributed by atoms with van der Waals surface area (Å²) in [6.45, 7) is 0.385. The van der Waals surface area contributed by atoms with Gasteiger partial charge < -0.3 is 25.0 Å². The Morgan fingerprint density at radius 1 is 0.656 bits per heavy atom. The van der Waals surface area contributed by atoms with Crippen molar-refractivity contribution in [3.63, 3.8) is 0 Å². The van der Waals surface area contributed by atoms with Gasteiger partial charge in [-0.25, -0.2) is 8.78 Å². The Morgan fingerprint density at radius 3 is 1.41 bits per heavy atom. The molecule has 0 aliphatic rings. The zero-order valence-electron chi connectivity index (χ0n) is 35.2. The van der Waals surface area contributed by atoms with E-state index in [1.54, 1.807) is 106 Å². The van der Waals surface area contributed by atoms with Crippen LogP contribution >= 0.6 is 47.2 Å². The van der Waals surface area contributed by atoms with E-state index in [2.05, 4.69) is 9.97 Å². The van der Waals surface area contributed by atoms with Gasteiger partial charge >= 0.3 is 5.37 Å². The number of rotatable bonds is 12. The predicted molar refractivity (Wildman–Crippen MR) is 261 cm³/mol. The number of amides is 2. The third-order valence-corrected chi connectivity index (χ3v) is 10.1. The minimum atomic E-state index is -0.435. The number of methoxy groups -OCH3 is 2. The van der Waals surface area contributed by atoms with Gasteiger partial charge in [0.05, 0.1) is 31.0 Å². The normalized spacial score (nSPS) is 9.94. The zero-order chi connectivity index (χ0) is 44.6. The highest BCUT2D eigenvalue weighted by molar-refractivity contribution is 6.62. The summed E-state index contributed by atoms with van der Waals surface area (Å²) in [6, 6.07) is 28.7. The van der Waals surface area contributed by atoms with E-state index >= 15 is 8.78 Å². The van der Waals surface area contributed by atoms with Crippen LogP contribution in [-0.4, -0.2) is 73.5 Å². The molecule has 0 aliphatic heterocycles. The average molecular weight is 960 g/mol. The number of aryl methyl sites for hydroxylation is 1. The second kappa shape index (κ2) is 27.8. The van der Waals surface area contributed by atoms with E-state index in [1.807, 2.05) is 36.4 Å². The molecule has 0 unspecified atom stereocenters. The van der Waals surface area contributed by atoms with Crippen molar-refractivity contribution in [2.45, 2.75) is 47.1 Å². The molecule has 4 aromatic carbocycles. The van der Waals surface area contributed by atoms with E-state index < -0.39 is 5.37 Å². The molecule has 2 aromatic heterocycles. The molecule has 0 atom stereocenters. The molecule has 0 saturated heterocycles. The summed E-state index contributed by atoms with van der Waals surface area (Å²) in [5, 5.41) is 0.646. The van der Waals surface area contributed by atoms with Gasteiger partial charge in [0.15, 0.2) is 0 Å². The van der Waals surface area contributed by atoms with Gasteiger partial charge in [-0.2, -0.15) is 0 Å². The number of halogens is 6. The summed E-state index contributed by atoms with van der Waals surface area (Å²) in [5.74, 6) is 0.342. The summed E-state index contributed by atoms with van der Waals surface area (Å²) in [7, 11) is 9.70. The van der Waals surface area contributed by atoms with Gasteiger partial charge in [0.2, 0.25) is 5.91 Å². The van der Waals surface area contributed by atoms with Crippen LogP contribution < -0.4 is 15.2 Å². The van der Waals surface area contributed by atoms with Crippen LogP contribution in [0.2, 0.25) is 10.0 Å². The molecule has 0 bridgehead atoms. The van der Waals surface area contributed by atoms with E-state index in [4.69, 9.17) is 50.0 Å². The van der Waals surface area contributed by atoms with Gasteiger partial charge in [-0.05, 0) is 99.9 Å². The molecule has 0 saturated carbocycles. The lowest BCUT2D eigenvalue weighted by molar-refractivity contribution is -0.128. The number of ether oxygens (including phenoxy) is 2. The molecule has 64 heavy (non-hydrogen) atoms. The first-order chi connectivity index (χ1) is 29.1. The number of pyridine rings is 2. The smallest absolute Gasteiger partial charge is 0.315 e. The lowest BCUT2D eigenvalue weighted by Crippen LogP contribution is -2.21. The standard InChI is InChI=1S/C24H24ClFN2O2.C20H18ClFN2O.C3H6ClNO.2CH4.ClH/c1-28(2)22(29)12-10-20-9-7-16(15-27-20)13-18-8-11-21(30-3)23(24(18)26)17-5-4-6-19(25)14-17;1-25-18-8-6-15(9-13-5-7-17(11-23)24-12-13)20(22)19(18)14-3-2-4-16(21)10-14;1-5(2)3(4)6;;;/h4-9,11,14-15H,10,12-13H2,1-3H3;2-8,10,12H,9,11,23H2,1H3;1-2H3;2*1H4;1H. The Morgan fingerprint density at radius 2 is 1.08 bits per heavy atom. The number of hydrogen-bond donors (Lipinski definition) is 1. The van der Waals surface area contributed by atoms with Crippen molar-refractivity contribution >= 4 is 58.5 Å². The van der Waals surface area contributed by atoms with E-state index in [-0.39, 0.29) is 44.8 Å². The van der Waals surface area contributed by atoms with E-state index in [1.165, 1.54) is 19.1 Å². The van der Waals surface area contributed by atoms with Gasteiger partial charge in [-0.1, -0.05) is 86.6 Å². The average Bonchev–Trinajstić information content (AvgIpc) is 3.25. The molecule has 2 heterocycles. The molecule has 2 amide bonds. The summed E-state index contributed by atoms with van der Waals surface area (Å²) >= 11 is 17.1. The molecule has 0 aliphatic carbocycles. The number of benzene rings is 4. The molecule has 0 spiro atoms. The molecule has 15 heteroatoms. The van der Waals surface area contributed by atoms with Gasteiger partial charge in [0.1, 0.15) is 23.1 Å². The first kappa shape index (κ1) is 56.7. The van der Waals surface area contributed by atoms with Crippen LogP contribution in [0.3, 0.4) is 0 Å². The van der Waals surface area contributed by atoms with Crippen LogP contribution in [0.25, 0.3) is 22.3 Å². The quantitative estimate of drug-likeness (QED) is 0.0960. The van der Waals surface area contributed by atoms with Crippen LogP contribution in [-0.2, 0) is 30.6 Å². The van der Waals surface area contributed by atoms with Crippen LogP contribution in [0.1, 0.15) is 54.9 Å². The molecule has 6 rings (SSSR count). The minimum Gasteiger partial charge on any atom is -0.496 e. The maximum atomic E-state index is 15.4. The molecule has 6 aromatic rings. The molecule has 9 nitrogen and oxygen atoms in total. The first-order valence-electron chi connectivity index (χ1n) is 19.0. The highest BCUT2D eigenvalue weighted by Crippen LogP contribution is 2.37. The Bertz CT molecular complexity index is 2400. The molecular weight excluding hydrogens is 902 g/mol. The fourth-order valence-corrected chi connectivity index (χ4v) is 6.31. The highest BCUT2D eigenvalue weighted by atomic mass is 35.5. The topological polar surface area (TPSA) is 111 Å². The maximum Gasteiger partial charge on any atom is 0.315 e. The predicted octanol–water partition coefficient (Wildman–Crippen LogP) is 12.4. The number of carbonyl (C=O) groups is 2. The Hall–Kier alpha value is -5.30. The number of nitrogens with two attached hydrogens (primary N) is 1. The first-order valence-corrected chi connectivity index (χ1v) is 20.2. The third kappa shape index (κ3) is 16.4. The van der Waals surface area contributed by atoms with Crippen LogP contribution in [0, 0.1) is 11.6 Å². The monoisotopic (exact) mass is 957 g/mol. The fraction of sp³-hybridized carbons (Fsp3) is 0.265. The van der Waals surface area contributed by atoms with Crippen molar-refractivity contribution in [1.82, 2.24) is 19.8 Å². The van der Waals surface area contributed by atoms with Crippen molar-refractivity contribution in [3.8, 4) is 33.8 Å². The third-order valence-electron chi connectivity index (χ3n) is 9.25. The van der Waals surface area contributed by atoms with E-state index in [0.717, 1.165) is 22.5 Å². The van der Waals surface area contributed by atoms with Crippen molar-refractivity contribution in [2.75, 3.05) is 42.4 Å². The number of aromatic nitrogens is 2. The second-order valence-electron chi connectivity index (χ2n) is 14.1. The number of nitrogens with zero attached hydrogens (tertiary/aromatic N) is 4. The summed E-state index contributed by atoms with van der Waals surface area (Å²) < 4.78 is 41.3. The summed E-state index contributed by atoms with van der Waals surface area (Å²) in [6.07, 6.45) is 5.28. The fourth-order valence-electron chi connectivity index (χ4n) is 5.93. The number of hydrogen-bond acceptors (Lipinski definition) is 7. The molecule has 0 radical (unpaired) electrons. The van der Waals surface area contributed by atoms with Crippen LogP contribution in [0.4, 0.5) is 13.6 Å².